The summed E-state index contributed by atoms with van der Waals surface area (Å²) in [4.78, 5) is 12.2. The van der Waals surface area contributed by atoms with E-state index in [-0.39, 0.29) is 6.04 Å². The zero-order chi connectivity index (χ0) is 8.97. The van der Waals surface area contributed by atoms with E-state index in [1.165, 1.54) is 0 Å². The second kappa shape index (κ2) is 4.30. The van der Waals surface area contributed by atoms with Gasteiger partial charge in [-0.3, -0.25) is 0 Å². The number of carbonyl (C=O) groups is 1. The lowest BCUT2D eigenvalue weighted by molar-refractivity contribution is 0.138. The van der Waals surface area contributed by atoms with Crippen LogP contribution in [0.4, 0.5) is 4.79 Å². The first-order valence-corrected chi connectivity index (χ1v) is 4.40. The highest BCUT2D eigenvalue weighted by atomic mass is 16.4. The first-order chi connectivity index (χ1) is 5.75. The molecule has 0 aromatic heterocycles. The van der Waals surface area contributed by atoms with Crippen molar-refractivity contribution in [2.45, 2.75) is 25.3 Å². The molecule has 1 amide bonds. The van der Waals surface area contributed by atoms with Gasteiger partial charge in [-0.1, -0.05) is 0 Å². The summed E-state index contributed by atoms with van der Waals surface area (Å²) in [6.45, 7) is 1.61. The molecule has 1 heterocycles. The van der Waals surface area contributed by atoms with Crippen LogP contribution in [-0.4, -0.2) is 42.3 Å². The van der Waals surface area contributed by atoms with E-state index in [0.717, 1.165) is 25.8 Å². The number of nitrogens with one attached hydrogen (secondary N) is 1. The highest BCUT2D eigenvalue weighted by molar-refractivity contribution is 5.65. The van der Waals surface area contributed by atoms with E-state index in [4.69, 9.17) is 5.11 Å². The fourth-order valence-corrected chi connectivity index (χ4v) is 1.70. The maximum Gasteiger partial charge on any atom is 0.407 e. The molecule has 0 unspecified atom stereocenters. The first-order valence-electron chi connectivity index (χ1n) is 4.40. The van der Waals surface area contributed by atoms with Crippen molar-refractivity contribution < 1.29 is 9.90 Å². The van der Waals surface area contributed by atoms with Gasteiger partial charge in [-0.15, -0.1) is 0 Å². The second-order valence-corrected chi connectivity index (χ2v) is 3.16. The fourth-order valence-electron chi connectivity index (χ4n) is 1.70. The summed E-state index contributed by atoms with van der Waals surface area (Å²) in [5, 5.41) is 11.8. The SMILES string of the molecule is CNCC[C@@H]1CCCN1C(=O)O. The van der Waals surface area contributed by atoms with Gasteiger partial charge >= 0.3 is 6.09 Å². The smallest absolute Gasteiger partial charge is 0.407 e. The second-order valence-electron chi connectivity index (χ2n) is 3.16. The molecule has 1 fully saturated rings. The number of rotatable bonds is 3. The molecule has 1 saturated heterocycles. The molecular formula is C8H16N2O2. The monoisotopic (exact) mass is 172 g/mol. The minimum atomic E-state index is -0.770. The zero-order valence-electron chi connectivity index (χ0n) is 7.42. The highest BCUT2D eigenvalue weighted by Gasteiger charge is 2.27. The van der Waals surface area contributed by atoms with E-state index in [1.54, 1.807) is 4.90 Å². The van der Waals surface area contributed by atoms with Gasteiger partial charge in [-0.2, -0.15) is 0 Å². The van der Waals surface area contributed by atoms with E-state index >= 15 is 0 Å². The quantitative estimate of drug-likeness (QED) is 0.660. The Balaban J connectivity index is 2.35. The number of carboxylic acid groups (broad SMARTS) is 1. The summed E-state index contributed by atoms with van der Waals surface area (Å²) in [7, 11) is 1.89. The van der Waals surface area contributed by atoms with Crippen molar-refractivity contribution in [2.75, 3.05) is 20.1 Å². The lowest BCUT2D eigenvalue weighted by atomic mass is 10.1. The maximum atomic E-state index is 10.7. The Morgan fingerprint density at radius 3 is 3.08 bits per heavy atom. The molecule has 0 radical (unpaired) electrons. The highest BCUT2D eigenvalue weighted by Crippen LogP contribution is 2.19. The van der Waals surface area contributed by atoms with Gasteiger partial charge in [0.15, 0.2) is 0 Å². The fraction of sp³-hybridized carbons (Fsp3) is 0.875. The molecule has 1 aliphatic rings. The van der Waals surface area contributed by atoms with Crippen molar-refractivity contribution >= 4 is 6.09 Å². The third-order valence-corrected chi connectivity index (χ3v) is 2.35. The van der Waals surface area contributed by atoms with Crippen molar-refractivity contribution in [1.29, 1.82) is 0 Å². The molecule has 0 spiro atoms. The standard InChI is InChI=1S/C8H16N2O2/c1-9-5-4-7-3-2-6-10(7)8(11)12/h7,9H,2-6H2,1H3,(H,11,12)/t7-/m0/s1. The number of likely N-dealkylation sites (tertiary alicyclic amines) is 1. The van der Waals surface area contributed by atoms with Gasteiger partial charge in [-0.25, -0.2) is 4.79 Å². The zero-order valence-corrected chi connectivity index (χ0v) is 7.42. The Hall–Kier alpha value is -0.770. The first kappa shape index (κ1) is 9.32. The molecule has 12 heavy (non-hydrogen) atoms. The van der Waals surface area contributed by atoms with Crippen LogP contribution in [0.15, 0.2) is 0 Å². The summed E-state index contributed by atoms with van der Waals surface area (Å²) in [6.07, 6.45) is 2.20. The van der Waals surface area contributed by atoms with Crippen LogP contribution in [0, 0.1) is 0 Å². The van der Waals surface area contributed by atoms with Crippen LogP contribution in [0.1, 0.15) is 19.3 Å². The number of hydrogen-bond donors (Lipinski definition) is 2. The molecule has 1 rings (SSSR count). The van der Waals surface area contributed by atoms with Crippen LogP contribution >= 0.6 is 0 Å². The summed E-state index contributed by atoms with van der Waals surface area (Å²) in [5.41, 5.74) is 0. The summed E-state index contributed by atoms with van der Waals surface area (Å²) in [6, 6.07) is 0.245. The minimum Gasteiger partial charge on any atom is -0.465 e. The topological polar surface area (TPSA) is 52.6 Å². The Morgan fingerprint density at radius 2 is 2.50 bits per heavy atom. The number of amides is 1. The third kappa shape index (κ3) is 2.11. The largest absolute Gasteiger partial charge is 0.465 e. The van der Waals surface area contributed by atoms with Gasteiger partial charge in [0.2, 0.25) is 0 Å². The minimum absolute atomic E-state index is 0.245. The molecule has 0 saturated carbocycles. The van der Waals surface area contributed by atoms with Crippen LogP contribution in [0.5, 0.6) is 0 Å². The van der Waals surface area contributed by atoms with Crippen molar-refractivity contribution in [3.05, 3.63) is 0 Å². The molecule has 4 heteroatoms. The molecule has 1 atom stereocenters. The number of nitrogens with zero attached hydrogens (tertiary/aromatic N) is 1. The normalized spacial score (nSPS) is 23.1. The van der Waals surface area contributed by atoms with Crippen LogP contribution in [0.2, 0.25) is 0 Å². The molecule has 0 aromatic rings. The van der Waals surface area contributed by atoms with Crippen molar-refractivity contribution in [1.82, 2.24) is 10.2 Å². The Labute approximate surface area is 72.6 Å². The van der Waals surface area contributed by atoms with E-state index in [9.17, 15) is 4.79 Å². The van der Waals surface area contributed by atoms with Crippen molar-refractivity contribution in [3.8, 4) is 0 Å². The Kier molecular flexibility index (Phi) is 3.34. The lowest BCUT2D eigenvalue weighted by Crippen LogP contribution is -2.35. The van der Waals surface area contributed by atoms with Crippen LogP contribution < -0.4 is 5.32 Å². The molecule has 0 aliphatic carbocycles. The van der Waals surface area contributed by atoms with Gasteiger partial charge in [0.25, 0.3) is 0 Å². The molecular weight excluding hydrogens is 156 g/mol. The van der Waals surface area contributed by atoms with E-state index < -0.39 is 6.09 Å². The van der Waals surface area contributed by atoms with Crippen molar-refractivity contribution in [2.24, 2.45) is 0 Å². The van der Waals surface area contributed by atoms with Gasteiger partial charge in [0.05, 0.1) is 0 Å². The van der Waals surface area contributed by atoms with Gasteiger partial charge in [-0.05, 0) is 32.9 Å². The Bertz CT molecular complexity index is 161. The molecule has 70 valence electrons. The van der Waals surface area contributed by atoms with Crippen LogP contribution in [-0.2, 0) is 0 Å². The van der Waals surface area contributed by atoms with Crippen LogP contribution in [0.3, 0.4) is 0 Å². The number of hydrogen-bond acceptors (Lipinski definition) is 2. The molecule has 0 aromatic carbocycles. The summed E-state index contributed by atoms with van der Waals surface area (Å²) < 4.78 is 0. The predicted octanol–water partition coefficient (Wildman–Crippen LogP) is 0.738. The predicted molar refractivity (Wildman–Crippen MR) is 46.3 cm³/mol. The average Bonchev–Trinajstić information content (AvgIpc) is 2.48. The third-order valence-electron chi connectivity index (χ3n) is 2.35. The van der Waals surface area contributed by atoms with E-state index in [1.807, 2.05) is 7.05 Å². The Morgan fingerprint density at radius 1 is 1.75 bits per heavy atom. The van der Waals surface area contributed by atoms with E-state index in [0.29, 0.717) is 6.54 Å². The molecule has 1 aliphatic heterocycles. The molecule has 2 N–H and O–H groups in total. The summed E-state index contributed by atoms with van der Waals surface area (Å²) in [5.74, 6) is 0. The molecule has 0 bridgehead atoms. The van der Waals surface area contributed by atoms with Crippen molar-refractivity contribution in [3.63, 3.8) is 0 Å². The maximum absolute atomic E-state index is 10.7. The summed E-state index contributed by atoms with van der Waals surface area (Å²) >= 11 is 0. The van der Waals surface area contributed by atoms with Crippen LogP contribution in [0.25, 0.3) is 0 Å². The average molecular weight is 172 g/mol. The van der Waals surface area contributed by atoms with Gasteiger partial charge < -0.3 is 15.3 Å². The lowest BCUT2D eigenvalue weighted by Gasteiger charge is -2.20. The molecule has 4 nitrogen and oxygen atoms in total. The van der Waals surface area contributed by atoms with Gasteiger partial charge in [0, 0.05) is 12.6 Å². The van der Waals surface area contributed by atoms with Gasteiger partial charge in [0.1, 0.15) is 0 Å². The van der Waals surface area contributed by atoms with E-state index in [2.05, 4.69) is 5.32 Å².